The van der Waals surface area contributed by atoms with Crippen LogP contribution in [0.4, 0.5) is 0 Å². The summed E-state index contributed by atoms with van der Waals surface area (Å²) in [6, 6.07) is 0.0931. The van der Waals surface area contributed by atoms with E-state index in [0.29, 0.717) is 0 Å². The molecule has 18 heavy (non-hydrogen) atoms. The van der Waals surface area contributed by atoms with Crippen LogP contribution in [-0.4, -0.2) is 39.7 Å². The molecule has 1 aliphatic heterocycles. The fourth-order valence-electron chi connectivity index (χ4n) is 2.56. The summed E-state index contributed by atoms with van der Waals surface area (Å²) < 4.78 is 1.78. The number of nitrogens with one attached hydrogen (secondary N) is 1. The van der Waals surface area contributed by atoms with E-state index >= 15 is 0 Å². The van der Waals surface area contributed by atoms with Crippen LogP contribution in [0.3, 0.4) is 0 Å². The Bertz CT molecular complexity index is 413. The lowest BCUT2D eigenvalue weighted by Crippen LogP contribution is -2.51. The van der Waals surface area contributed by atoms with Gasteiger partial charge < -0.3 is 10.2 Å². The summed E-state index contributed by atoms with van der Waals surface area (Å²) in [6.07, 6.45) is 5.83. The fourth-order valence-corrected chi connectivity index (χ4v) is 2.56. The normalized spacial score (nSPS) is 22.3. The highest BCUT2D eigenvalue weighted by atomic mass is 16.2. The predicted molar refractivity (Wildman–Crippen MR) is 70.0 cm³/mol. The lowest BCUT2D eigenvalue weighted by atomic mass is 10.0. The lowest BCUT2D eigenvalue weighted by molar-refractivity contribution is -0.138. The maximum atomic E-state index is 12.4. The standard InChI is InChI=1S/C13H22N4O/c1-4-14-12-6-5-7-17(13(12)18)10(2)11-8-15-16(3)9-11/h8-10,12,14H,4-7H2,1-3H3. The van der Waals surface area contributed by atoms with Crippen LogP contribution in [0.15, 0.2) is 12.4 Å². The molecule has 0 spiro atoms. The molecule has 2 atom stereocenters. The van der Waals surface area contributed by atoms with Crippen LogP contribution in [0.2, 0.25) is 0 Å². The zero-order valence-electron chi connectivity index (χ0n) is 11.4. The molecule has 1 N–H and O–H groups in total. The summed E-state index contributed by atoms with van der Waals surface area (Å²) in [5.41, 5.74) is 1.10. The van der Waals surface area contributed by atoms with Gasteiger partial charge in [0.15, 0.2) is 0 Å². The first kappa shape index (κ1) is 13.1. The monoisotopic (exact) mass is 250 g/mol. The SMILES string of the molecule is CCNC1CCCN(C(C)c2cnn(C)c2)C1=O. The quantitative estimate of drug-likeness (QED) is 0.870. The number of carbonyl (C=O) groups excluding carboxylic acids is 1. The Morgan fingerprint density at radius 3 is 3.00 bits per heavy atom. The Kier molecular flexibility index (Phi) is 4.01. The van der Waals surface area contributed by atoms with Crippen LogP contribution in [-0.2, 0) is 11.8 Å². The van der Waals surface area contributed by atoms with E-state index in [2.05, 4.69) is 17.3 Å². The van der Waals surface area contributed by atoms with Crippen molar-refractivity contribution in [3.05, 3.63) is 18.0 Å². The van der Waals surface area contributed by atoms with Crippen LogP contribution in [0, 0.1) is 0 Å². The molecule has 2 rings (SSSR count). The molecule has 1 aromatic heterocycles. The van der Waals surface area contributed by atoms with Gasteiger partial charge in [0.05, 0.1) is 18.3 Å². The molecule has 1 aliphatic rings. The van der Waals surface area contributed by atoms with Crippen molar-refractivity contribution in [3.8, 4) is 0 Å². The predicted octanol–water partition coefficient (Wildman–Crippen LogP) is 1.08. The Balaban J connectivity index is 2.09. The fraction of sp³-hybridized carbons (Fsp3) is 0.692. The number of nitrogens with zero attached hydrogens (tertiary/aromatic N) is 3. The molecule has 0 aliphatic carbocycles. The zero-order chi connectivity index (χ0) is 13.1. The highest BCUT2D eigenvalue weighted by molar-refractivity contribution is 5.83. The number of aromatic nitrogens is 2. The minimum absolute atomic E-state index is 0.0112. The number of piperidine rings is 1. The number of likely N-dealkylation sites (tertiary alicyclic amines) is 1. The van der Waals surface area contributed by atoms with Gasteiger partial charge in [-0.05, 0) is 26.3 Å². The van der Waals surface area contributed by atoms with Gasteiger partial charge in [-0.3, -0.25) is 9.48 Å². The number of hydrogen-bond donors (Lipinski definition) is 1. The second-order valence-corrected chi connectivity index (χ2v) is 4.91. The molecule has 2 unspecified atom stereocenters. The molecule has 0 saturated carbocycles. The van der Waals surface area contributed by atoms with Gasteiger partial charge in [0.2, 0.25) is 5.91 Å². The summed E-state index contributed by atoms with van der Waals surface area (Å²) in [5, 5.41) is 7.44. The maximum absolute atomic E-state index is 12.4. The molecule has 0 radical (unpaired) electrons. The molecule has 0 aromatic carbocycles. The van der Waals surface area contributed by atoms with Crippen molar-refractivity contribution >= 4 is 5.91 Å². The van der Waals surface area contributed by atoms with Gasteiger partial charge in [0, 0.05) is 25.4 Å². The highest BCUT2D eigenvalue weighted by Crippen LogP contribution is 2.24. The number of amides is 1. The smallest absolute Gasteiger partial charge is 0.240 e. The summed E-state index contributed by atoms with van der Waals surface area (Å²) >= 11 is 0. The summed E-state index contributed by atoms with van der Waals surface area (Å²) in [5.74, 6) is 0.222. The minimum Gasteiger partial charge on any atom is -0.334 e. The Labute approximate surface area is 108 Å². The van der Waals surface area contributed by atoms with Gasteiger partial charge in [0.1, 0.15) is 0 Å². The number of likely N-dealkylation sites (N-methyl/N-ethyl adjacent to an activating group) is 1. The van der Waals surface area contributed by atoms with Crippen LogP contribution in [0.25, 0.3) is 0 Å². The van der Waals surface area contributed by atoms with E-state index in [4.69, 9.17) is 0 Å². The molecule has 2 heterocycles. The topological polar surface area (TPSA) is 50.2 Å². The highest BCUT2D eigenvalue weighted by Gasteiger charge is 2.31. The Morgan fingerprint density at radius 1 is 1.61 bits per heavy atom. The molecule has 1 aromatic rings. The molecule has 5 heteroatoms. The molecule has 5 nitrogen and oxygen atoms in total. The average Bonchev–Trinajstić information content (AvgIpc) is 2.78. The second kappa shape index (κ2) is 5.52. The largest absolute Gasteiger partial charge is 0.334 e. The van der Waals surface area contributed by atoms with E-state index in [1.807, 2.05) is 31.3 Å². The van der Waals surface area contributed by atoms with Crippen LogP contribution >= 0.6 is 0 Å². The zero-order valence-corrected chi connectivity index (χ0v) is 11.4. The molecule has 100 valence electrons. The Morgan fingerprint density at radius 2 is 2.39 bits per heavy atom. The second-order valence-electron chi connectivity index (χ2n) is 4.91. The van der Waals surface area contributed by atoms with Gasteiger partial charge >= 0.3 is 0 Å². The molecular weight excluding hydrogens is 228 g/mol. The number of hydrogen-bond acceptors (Lipinski definition) is 3. The number of aryl methyl sites for hydroxylation is 1. The van der Waals surface area contributed by atoms with Gasteiger partial charge in [-0.25, -0.2) is 0 Å². The maximum Gasteiger partial charge on any atom is 0.240 e. The third-order valence-electron chi connectivity index (χ3n) is 3.60. The minimum atomic E-state index is -0.0112. The van der Waals surface area contributed by atoms with Crippen molar-refractivity contribution in [1.82, 2.24) is 20.0 Å². The Hall–Kier alpha value is -1.36. The van der Waals surface area contributed by atoms with Gasteiger partial charge in [-0.2, -0.15) is 5.10 Å². The van der Waals surface area contributed by atoms with E-state index in [1.54, 1.807) is 4.68 Å². The third-order valence-corrected chi connectivity index (χ3v) is 3.60. The van der Waals surface area contributed by atoms with E-state index in [-0.39, 0.29) is 18.0 Å². The van der Waals surface area contributed by atoms with Gasteiger partial charge in [-0.15, -0.1) is 0 Å². The van der Waals surface area contributed by atoms with Crippen molar-refractivity contribution in [2.45, 2.75) is 38.8 Å². The van der Waals surface area contributed by atoms with Crippen molar-refractivity contribution in [3.63, 3.8) is 0 Å². The van der Waals surface area contributed by atoms with E-state index in [1.165, 1.54) is 0 Å². The van der Waals surface area contributed by atoms with Gasteiger partial charge in [0.25, 0.3) is 0 Å². The molecule has 1 saturated heterocycles. The lowest BCUT2D eigenvalue weighted by Gasteiger charge is -2.36. The summed E-state index contributed by atoms with van der Waals surface area (Å²) in [7, 11) is 1.90. The van der Waals surface area contributed by atoms with Gasteiger partial charge in [-0.1, -0.05) is 6.92 Å². The van der Waals surface area contributed by atoms with Crippen molar-refractivity contribution in [1.29, 1.82) is 0 Å². The number of rotatable bonds is 4. The van der Waals surface area contributed by atoms with E-state index in [9.17, 15) is 4.79 Å². The summed E-state index contributed by atoms with van der Waals surface area (Å²) in [4.78, 5) is 14.3. The van der Waals surface area contributed by atoms with E-state index < -0.39 is 0 Å². The van der Waals surface area contributed by atoms with Crippen molar-refractivity contribution in [2.75, 3.05) is 13.1 Å². The van der Waals surface area contributed by atoms with E-state index in [0.717, 1.165) is 31.5 Å². The van der Waals surface area contributed by atoms with Crippen LogP contribution < -0.4 is 5.32 Å². The number of carbonyl (C=O) groups is 1. The first-order chi connectivity index (χ1) is 8.63. The average molecular weight is 250 g/mol. The molecule has 0 bridgehead atoms. The first-order valence-electron chi connectivity index (χ1n) is 6.66. The van der Waals surface area contributed by atoms with Crippen LogP contribution in [0.5, 0.6) is 0 Å². The molecular formula is C13H22N4O. The van der Waals surface area contributed by atoms with Crippen molar-refractivity contribution < 1.29 is 4.79 Å². The summed E-state index contributed by atoms with van der Waals surface area (Å²) in [6.45, 7) is 5.79. The molecule has 1 amide bonds. The van der Waals surface area contributed by atoms with Crippen LogP contribution in [0.1, 0.15) is 38.3 Å². The molecule has 1 fully saturated rings. The third kappa shape index (κ3) is 2.56. The van der Waals surface area contributed by atoms with Crippen molar-refractivity contribution in [2.24, 2.45) is 7.05 Å². The first-order valence-corrected chi connectivity index (χ1v) is 6.66.